The van der Waals surface area contributed by atoms with Crippen LogP contribution in [-0.2, 0) is 0 Å². The first-order chi connectivity index (χ1) is 6.58. The molecule has 0 radical (unpaired) electrons. The van der Waals surface area contributed by atoms with Crippen LogP contribution in [0.1, 0.15) is 16.2 Å². The summed E-state index contributed by atoms with van der Waals surface area (Å²) in [6.07, 6.45) is 0. The average Bonchev–Trinajstić information content (AvgIpc) is 2.42. The molecule has 2 heterocycles. The van der Waals surface area contributed by atoms with Crippen molar-refractivity contribution in [3.63, 3.8) is 0 Å². The third-order valence-electron chi connectivity index (χ3n) is 1.79. The quantitative estimate of drug-likeness (QED) is 0.678. The van der Waals surface area contributed by atoms with Gasteiger partial charge in [-0.1, -0.05) is 0 Å². The Bertz CT molecular complexity index is 517. The van der Waals surface area contributed by atoms with E-state index in [1.54, 1.807) is 6.92 Å². The molecule has 0 atom stereocenters. The number of carboxylic acids is 1. The third-order valence-corrected chi connectivity index (χ3v) is 1.79. The second-order valence-corrected chi connectivity index (χ2v) is 2.93. The minimum atomic E-state index is -1.05. The van der Waals surface area contributed by atoms with Gasteiger partial charge in [0, 0.05) is 11.8 Å². The van der Waals surface area contributed by atoms with Crippen LogP contribution in [0.4, 0.5) is 5.82 Å². The van der Waals surface area contributed by atoms with E-state index in [4.69, 9.17) is 10.8 Å². The lowest BCUT2D eigenvalue weighted by atomic mass is 10.3. The van der Waals surface area contributed by atoms with Crippen LogP contribution in [0, 0.1) is 6.92 Å². The van der Waals surface area contributed by atoms with Gasteiger partial charge in [-0.2, -0.15) is 0 Å². The highest BCUT2D eigenvalue weighted by Crippen LogP contribution is 2.10. The Morgan fingerprint density at radius 3 is 2.93 bits per heavy atom. The minimum Gasteiger partial charge on any atom is -0.477 e. The minimum absolute atomic E-state index is 0.0594. The SMILES string of the molecule is Cc1cc(C(=O)O)n2nc(N)cc2n1. The number of nitrogens with zero attached hydrogens (tertiary/aromatic N) is 3. The highest BCUT2D eigenvalue weighted by molar-refractivity contribution is 5.86. The molecule has 0 amide bonds. The molecule has 6 heteroatoms. The van der Waals surface area contributed by atoms with Gasteiger partial charge in [-0.05, 0) is 13.0 Å². The number of nitrogens with two attached hydrogens (primary N) is 1. The molecule has 72 valence electrons. The summed E-state index contributed by atoms with van der Waals surface area (Å²) in [5, 5.41) is 12.7. The van der Waals surface area contributed by atoms with Gasteiger partial charge in [0.15, 0.2) is 11.3 Å². The summed E-state index contributed by atoms with van der Waals surface area (Å²) in [4.78, 5) is 14.9. The normalized spacial score (nSPS) is 10.6. The predicted molar refractivity (Wildman–Crippen MR) is 49.1 cm³/mol. The van der Waals surface area contributed by atoms with E-state index in [9.17, 15) is 4.79 Å². The average molecular weight is 192 g/mol. The fourth-order valence-electron chi connectivity index (χ4n) is 1.27. The van der Waals surface area contributed by atoms with Gasteiger partial charge in [-0.25, -0.2) is 14.3 Å². The molecule has 2 aromatic rings. The molecule has 0 aliphatic rings. The highest BCUT2D eigenvalue weighted by atomic mass is 16.4. The summed E-state index contributed by atoms with van der Waals surface area (Å²) in [5.74, 6) is -0.797. The van der Waals surface area contributed by atoms with Gasteiger partial charge in [0.25, 0.3) is 0 Å². The Balaban J connectivity index is 2.85. The van der Waals surface area contributed by atoms with E-state index in [-0.39, 0.29) is 11.5 Å². The Hall–Kier alpha value is -2.11. The van der Waals surface area contributed by atoms with Crippen LogP contribution in [-0.4, -0.2) is 25.7 Å². The van der Waals surface area contributed by atoms with Gasteiger partial charge in [0.05, 0.1) is 0 Å². The summed E-state index contributed by atoms with van der Waals surface area (Å²) < 4.78 is 1.21. The molecule has 14 heavy (non-hydrogen) atoms. The highest BCUT2D eigenvalue weighted by Gasteiger charge is 2.11. The van der Waals surface area contributed by atoms with Crippen LogP contribution in [0.2, 0.25) is 0 Å². The first-order valence-corrected chi connectivity index (χ1v) is 3.94. The Kier molecular flexibility index (Phi) is 1.63. The van der Waals surface area contributed by atoms with Gasteiger partial charge in [0.2, 0.25) is 0 Å². The number of aromatic carboxylic acids is 1. The molecule has 2 aromatic heterocycles. The summed E-state index contributed by atoms with van der Waals surface area (Å²) in [6, 6.07) is 2.97. The van der Waals surface area contributed by atoms with Crippen molar-refractivity contribution in [3.05, 3.63) is 23.5 Å². The summed E-state index contributed by atoms with van der Waals surface area (Å²) >= 11 is 0. The number of carboxylic acid groups (broad SMARTS) is 1. The lowest BCUT2D eigenvalue weighted by molar-refractivity contribution is 0.0687. The topological polar surface area (TPSA) is 93.5 Å². The predicted octanol–water partition coefficient (Wildman–Crippen LogP) is 0.318. The molecule has 0 saturated carbocycles. The lowest BCUT2D eigenvalue weighted by Crippen LogP contribution is -2.08. The molecule has 0 aliphatic heterocycles. The van der Waals surface area contributed by atoms with Crippen LogP contribution in [0.3, 0.4) is 0 Å². The van der Waals surface area contributed by atoms with Crippen molar-refractivity contribution < 1.29 is 9.90 Å². The van der Waals surface area contributed by atoms with E-state index in [1.807, 2.05) is 0 Å². The second-order valence-electron chi connectivity index (χ2n) is 2.93. The van der Waals surface area contributed by atoms with Crippen molar-refractivity contribution >= 4 is 17.4 Å². The summed E-state index contributed by atoms with van der Waals surface area (Å²) in [7, 11) is 0. The van der Waals surface area contributed by atoms with E-state index >= 15 is 0 Å². The molecule has 2 rings (SSSR count). The summed E-state index contributed by atoms with van der Waals surface area (Å²) in [6.45, 7) is 1.72. The molecule has 6 nitrogen and oxygen atoms in total. The number of aromatic nitrogens is 3. The largest absolute Gasteiger partial charge is 0.477 e. The van der Waals surface area contributed by atoms with E-state index in [0.717, 1.165) is 0 Å². The molecule has 3 N–H and O–H groups in total. The maximum absolute atomic E-state index is 10.8. The van der Waals surface area contributed by atoms with Crippen LogP contribution in [0.25, 0.3) is 5.65 Å². The van der Waals surface area contributed by atoms with E-state index in [1.165, 1.54) is 16.6 Å². The van der Waals surface area contributed by atoms with Crippen molar-refractivity contribution in [2.75, 3.05) is 5.73 Å². The van der Waals surface area contributed by atoms with E-state index in [2.05, 4.69) is 10.1 Å². The molecule has 0 saturated heterocycles. The number of hydrogen-bond donors (Lipinski definition) is 2. The van der Waals surface area contributed by atoms with Crippen LogP contribution in [0.5, 0.6) is 0 Å². The van der Waals surface area contributed by atoms with Crippen molar-refractivity contribution in [1.82, 2.24) is 14.6 Å². The number of fused-ring (bicyclic) bond motifs is 1. The molecule has 0 aromatic carbocycles. The number of carbonyl (C=O) groups is 1. The summed E-state index contributed by atoms with van der Waals surface area (Å²) in [5.41, 5.74) is 6.57. The van der Waals surface area contributed by atoms with Gasteiger partial charge in [-0.3, -0.25) is 0 Å². The maximum Gasteiger partial charge on any atom is 0.354 e. The van der Waals surface area contributed by atoms with Crippen molar-refractivity contribution in [1.29, 1.82) is 0 Å². The molecular formula is C8H8N4O2. The zero-order valence-electron chi connectivity index (χ0n) is 7.43. The fourth-order valence-corrected chi connectivity index (χ4v) is 1.27. The van der Waals surface area contributed by atoms with Crippen LogP contribution in [0.15, 0.2) is 12.1 Å². The fraction of sp³-hybridized carbons (Fsp3) is 0.125. The van der Waals surface area contributed by atoms with Crippen molar-refractivity contribution in [2.24, 2.45) is 0 Å². The van der Waals surface area contributed by atoms with Gasteiger partial charge in [-0.15, -0.1) is 5.10 Å². The molecular weight excluding hydrogens is 184 g/mol. The lowest BCUT2D eigenvalue weighted by Gasteiger charge is -1.99. The van der Waals surface area contributed by atoms with Crippen LogP contribution >= 0.6 is 0 Å². The standard InChI is InChI=1S/C8H8N4O2/c1-4-2-5(8(13)14)12-7(10-4)3-6(9)11-12/h2-3H,1H3,(H2,9,11)(H,13,14). The van der Waals surface area contributed by atoms with Gasteiger partial charge >= 0.3 is 5.97 Å². The molecule has 0 aliphatic carbocycles. The monoisotopic (exact) mass is 192 g/mol. The molecule has 0 unspecified atom stereocenters. The second kappa shape index (κ2) is 2.69. The zero-order valence-corrected chi connectivity index (χ0v) is 7.43. The van der Waals surface area contributed by atoms with Crippen molar-refractivity contribution in [2.45, 2.75) is 6.92 Å². The van der Waals surface area contributed by atoms with Gasteiger partial charge in [0.1, 0.15) is 5.82 Å². The number of nitrogen functional groups attached to an aromatic ring is 1. The first kappa shape index (κ1) is 8.49. The molecule has 0 fully saturated rings. The Morgan fingerprint density at radius 1 is 1.57 bits per heavy atom. The van der Waals surface area contributed by atoms with E-state index < -0.39 is 5.97 Å². The Morgan fingerprint density at radius 2 is 2.29 bits per heavy atom. The molecule has 0 bridgehead atoms. The maximum atomic E-state index is 10.8. The van der Waals surface area contributed by atoms with Crippen LogP contribution < -0.4 is 5.73 Å². The third kappa shape index (κ3) is 1.17. The van der Waals surface area contributed by atoms with E-state index in [0.29, 0.717) is 11.3 Å². The number of hydrogen-bond acceptors (Lipinski definition) is 4. The smallest absolute Gasteiger partial charge is 0.354 e. The Labute approximate surface area is 79.0 Å². The number of anilines is 1. The first-order valence-electron chi connectivity index (χ1n) is 3.94. The number of rotatable bonds is 1. The zero-order chi connectivity index (χ0) is 10.3. The molecule has 0 spiro atoms. The van der Waals surface area contributed by atoms with Gasteiger partial charge < -0.3 is 10.8 Å². The number of aryl methyl sites for hydroxylation is 1. The van der Waals surface area contributed by atoms with Crippen molar-refractivity contribution in [3.8, 4) is 0 Å².